The molecule has 0 atom stereocenters. The maximum absolute atomic E-state index is 12.2. The van der Waals surface area contributed by atoms with Crippen molar-refractivity contribution in [3.63, 3.8) is 0 Å². The second-order valence-electron chi connectivity index (χ2n) is 10.1. The largest absolute Gasteiger partial charge is 0.491 e. The van der Waals surface area contributed by atoms with Crippen LogP contribution in [0.15, 0.2) is 48.6 Å². The Morgan fingerprint density at radius 2 is 1.05 bits per heavy atom. The molecule has 0 aliphatic carbocycles. The number of unbranched alkanes of at least 4 members (excludes halogenated alkanes) is 6. The number of carbonyl (C=O) groups is 2. The summed E-state index contributed by atoms with van der Waals surface area (Å²) in [6.45, 7) is 4.97. The Balaban J connectivity index is 2.23. The van der Waals surface area contributed by atoms with Crippen molar-refractivity contribution in [2.75, 3.05) is 39.6 Å². The standard InChI is InChI=1S/C36H46O8/c1-3-5-7-9-19-43-35(39)15-13-31-23-29(25-33(27-31)41-21-17-37)11-12-30-24-32(28-34(26-30)42-22-18-38)14-16-36(40)44-20-10-8-6-4-2/h13-16,23-28,37-38H,3-10,17-22H2,1-2H3/b15-13+,16-14+. The first-order valence-electron chi connectivity index (χ1n) is 15.5. The van der Waals surface area contributed by atoms with E-state index in [-0.39, 0.29) is 26.4 Å². The fourth-order valence-corrected chi connectivity index (χ4v) is 4.05. The molecule has 0 heterocycles. The molecule has 0 fully saturated rings. The van der Waals surface area contributed by atoms with Gasteiger partial charge in [0.05, 0.1) is 26.4 Å². The zero-order valence-electron chi connectivity index (χ0n) is 26.0. The van der Waals surface area contributed by atoms with Gasteiger partial charge in [0.1, 0.15) is 24.7 Å². The maximum Gasteiger partial charge on any atom is 0.330 e. The predicted molar refractivity (Wildman–Crippen MR) is 172 cm³/mol. The van der Waals surface area contributed by atoms with Crippen LogP contribution in [0.25, 0.3) is 12.2 Å². The molecule has 0 spiro atoms. The van der Waals surface area contributed by atoms with Gasteiger partial charge in [-0.15, -0.1) is 0 Å². The van der Waals surface area contributed by atoms with Crippen molar-refractivity contribution >= 4 is 24.1 Å². The Kier molecular flexibility index (Phi) is 18.5. The summed E-state index contributed by atoms with van der Waals surface area (Å²) in [7, 11) is 0. The van der Waals surface area contributed by atoms with Crippen molar-refractivity contribution in [3.05, 3.63) is 70.8 Å². The lowest BCUT2D eigenvalue weighted by Crippen LogP contribution is -2.03. The number of aliphatic hydroxyl groups is 2. The van der Waals surface area contributed by atoms with E-state index in [0.29, 0.717) is 47.0 Å². The molecular formula is C36H46O8. The molecule has 2 rings (SSSR count). The summed E-state index contributed by atoms with van der Waals surface area (Å²) in [6, 6.07) is 10.6. The minimum Gasteiger partial charge on any atom is -0.491 e. The number of benzene rings is 2. The van der Waals surface area contributed by atoms with Crippen molar-refractivity contribution in [3.8, 4) is 23.3 Å². The van der Waals surface area contributed by atoms with Crippen molar-refractivity contribution in [1.29, 1.82) is 0 Å². The molecule has 2 aromatic rings. The molecule has 0 aromatic heterocycles. The number of aliphatic hydroxyl groups excluding tert-OH is 2. The van der Waals surface area contributed by atoms with Crippen molar-refractivity contribution < 1.29 is 38.7 Å². The molecule has 0 radical (unpaired) electrons. The lowest BCUT2D eigenvalue weighted by Gasteiger charge is -2.07. The summed E-state index contributed by atoms with van der Waals surface area (Å²) in [5.74, 6) is 6.38. The van der Waals surface area contributed by atoms with Gasteiger partial charge in [-0.1, -0.05) is 64.2 Å². The van der Waals surface area contributed by atoms with Crippen molar-refractivity contribution in [2.45, 2.75) is 65.2 Å². The van der Waals surface area contributed by atoms with Gasteiger partial charge in [0.25, 0.3) is 0 Å². The summed E-state index contributed by atoms with van der Waals surface area (Å²) >= 11 is 0. The molecule has 0 aliphatic heterocycles. The molecule has 0 saturated carbocycles. The number of hydrogen-bond acceptors (Lipinski definition) is 8. The van der Waals surface area contributed by atoms with E-state index < -0.39 is 11.9 Å². The molecule has 0 amide bonds. The summed E-state index contributed by atoms with van der Waals surface area (Å²) in [5, 5.41) is 18.4. The monoisotopic (exact) mass is 606 g/mol. The van der Waals surface area contributed by atoms with Gasteiger partial charge in [-0.25, -0.2) is 9.59 Å². The number of esters is 2. The Morgan fingerprint density at radius 1 is 0.614 bits per heavy atom. The van der Waals surface area contributed by atoms with Gasteiger partial charge in [-0.3, -0.25) is 0 Å². The predicted octanol–water partition coefficient (Wildman–Crippen LogP) is 6.10. The molecule has 2 N–H and O–H groups in total. The average molecular weight is 607 g/mol. The van der Waals surface area contributed by atoms with E-state index in [1.165, 1.54) is 12.2 Å². The number of rotatable bonds is 20. The van der Waals surface area contributed by atoms with Crippen LogP contribution in [0.3, 0.4) is 0 Å². The minimum atomic E-state index is -0.420. The van der Waals surface area contributed by atoms with E-state index in [1.54, 1.807) is 36.4 Å². The molecular weight excluding hydrogens is 560 g/mol. The van der Waals surface area contributed by atoms with Gasteiger partial charge >= 0.3 is 11.9 Å². The number of ether oxygens (including phenoxy) is 4. The third-order valence-corrected chi connectivity index (χ3v) is 6.24. The molecule has 2 aromatic carbocycles. The first kappa shape index (κ1) is 36.1. The molecule has 238 valence electrons. The smallest absolute Gasteiger partial charge is 0.330 e. The van der Waals surface area contributed by atoms with Crippen LogP contribution < -0.4 is 9.47 Å². The highest BCUT2D eigenvalue weighted by Gasteiger charge is 2.04. The average Bonchev–Trinajstić information content (AvgIpc) is 3.03. The van der Waals surface area contributed by atoms with Gasteiger partial charge in [0.15, 0.2) is 0 Å². The molecule has 0 aliphatic rings. The minimum absolute atomic E-state index is 0.112. The molecule has 0 unspecified atom stereocenters. The summed E-state index contributed by atoms with van der Waals surface area (Å²) < 4.78 is 21.8. The van der Waals surface area contributed by atoms with Gasteiger partial charge in [-0.05, 0) is 72.5 Å². The normalized spacial score (nSPS) is 10.9. The van der Waals surface area contributed by atoms with E-state index in [4.69, 9.17) is 18.9 Å². The highest BCUT2D eigenvalue weighted by molar-refractivity contribution is 5.87. The van der Waals surface area contributed by atoms with E-state index in [1.807, 2.05) is 12.1 Å². The lowest BCUT2D eigenvalue weighted by atomic mass is 10.1. The van der Waals surface area contributed by atoms with Gasteiger partial charge < -0.3 is 29.2 Å². The Labute approximate surface area is 261 Å². The van der Waals surface area contributed by atoms with E-state index >= 15 is 0 Å². The van der Waals surface area contributed by atoms with Crippen molar-refractivity contribution in [2.24, 2.45) is 0 Å². The highest BCUT2D eigenvalue weighted by atomic mass is 16.5. The van der Waals surface area contributed by atoms with Crippen LogP contribution >= 0.6 is 0 Å². The summed E-state index contributed by atoms with van der Waals surface area (Å²) in [5.41, 5.74) is 2.62. The third kappa shape index (κ3) is 16.0. The first-order valence-corrected chi connectivity index (χ1v) is 15.5. The molecule has 0 saturated heterocycles. The van der Waals surface area contributed by atoms with E-state index in [0.717, 1.165) is 51.4 Å². The molecule has 8 heteroatoms. The summed E-state index contributed by atoms with van der Waals surface area (Å²) in [4.78, 5) is 24.3. The Hall–Kier alpha value is -4.06. The third-order valence-electron chi connectivity index (χ3n) is 6.24. The number of hydrogen-bond donors (Lipinski definition) is 2. The summed E-state index contributed by atoms with van der Waals surface area (Å²) in [6.07, 6.45) is 14.2. The van der Waals surface area contributed by atoms with Gasteiger partial charge in [-0.2, -0.15) is 0 Å². The van der Waals surface area contributed by atoms with Crippen LogP contribution in [0.1, 0.15) is 87.5 Å². The highest BCUT2D eigenvalue weighted by Crippen LogP contribution is 2.21. The quantitative estimate of drug-likeness (QED) is 0.0805. The van der Waals surface area contributed by atoms with Crippen LogP contribution in [0.2, 0.25) is 0 Å². The molecule has 8 nitrogen and oxygen atoms in total. The van der Waals surface area contributed by atoms with Crippen LogP contribution in [0, 0.1) is 11.8 Å². The second kappa shape index (κ2) is 22.5. The Morgan fingerprint density at radius 3 is 1.43 bits per heavy atom. The zero-order chi connectivity index (χ0) is 31.8. The number of carbonyl (C=O) groups excluding carboxylic acids is 2. The fraction of sp³-hybridized carbons (Fsp3) is 0.444. The van der Waals surface area contributed by atoms with E-state index in [9.17, 15) is 19.8 Å². The van der Waals surface area contributed by atoms with Crippen LogP contribution in [-0.4, -0.2) is 61.8 Å². The van der Waals surface area contributed by atoms with Crippen molar-refractivity contribution in [1.82, 2.24) is 0 Å². The molecule has 0 bridgehead atoms. The molecule has 44 heavy (non-hydrogen) atoms. The van der Waals surface area contributed by atoms with Crippen LogP contribution in [0.5, 0.6) is 11.5 Å². The Bertz CT molecular complexity index is 1170. The van der Waals surface area contributed by atoms with E-state index in [2.05, 4.69) is 25.7 Å². The first-order chi connectivity index (χ1) is 21.5. The SMILES string of the molecule is CCCCCCOC(=O)/C=C/c1cc(C#Cc2cc(/C=C/C(=O)OCCCCCC)cc(OCCO)c2)cc(OCCO)c1. The van der Waals surface area contributed by atoms with Gasteiger partial charge in [0, 0.05) is 23.3 Å². The maximum atomic E-state index is 12.2. The van der Waals surface area contributed by atoms with Crippen LogP contribution in [0.4, 0.5) is 0 Å². The topological polar surface area (TPSA) is 112 Å². The second-order valence-corrected chi connectivity index (χ2v) is 10.1. The fourth-order valence-electron chi connectivity index (χ4n) is 4.05. The lowest BCUT2D eigenvalue weighted by molar-refractivity contribution is -0.138. The van der Waals surface area contributed by atoms with Gasteiger partial charge in [0.2, 0.25) is 0 Å². The zero-order valence-corrected chi connectivity index (χ0v) is 26.0. The van der Waals surface area contributed by atoms with Crippen LogP contribution in [-0.2, 0) is 19.1 Å².